The van der Waals surface area contributed by atoms with Crippen LogP contribution >= 0.6 is 0 Å². The van der Waals surface area contributed by atoms with Crippen molar-refractivity contribution in [3.63, 3.8) is 0 Å². The van der Waals surface area contributed by atoms with E-state index < -0.39 is 18.2 Å². The number of para-hydroxylation sites is 1. The largest absolute Gasteiger partial charge is 0.495 e. The molecule has 31 heavy (non-hydrogen) atoms. The lowest BCUT2D eigenvalue weighted by Gasteiger charge is -2.23. The first-order valence-electron chi connectivity index (χ1n) is 9.71. The van der Waals surface area contributed by atoms with Gasteiger partial charge < -0.3 is 25.8 Å². The molecule has 0 saturated carbocycles. The first kappa shape index (κ1) is 23.7. The van der Waals surface area contributed by atoms with Crippen molar-refractivity contribution >= 4 is 29.3 Å². The molecule has 1 unspecified atom stereocenters. The van der Waals surface area contributed by atoms with Crippen LogP contribution in [-0.4, -0.2) is 54.8 Å². The number of aryl methyl sites for hydroxylation is 1. The van der Waals surface area contributed by atoms with Crippen molar-refractivity contribution in [2.45, 2.75) is 26.4 Å². The number of carbonyl (C=O) groups excluding carboxylic acids is 2. The Labute approximate surface area is 181 Å². The zero-order valence-electron chi connectivity index (χ0n) is 18.1. The van der Waals surface area contributed by atoms with E-state index in [1.165, 1.54) is 12.0 Å². The van der Waals surface area contributed by atoms with Crippen molar-refractivity contribution in [1.82, 2.24) is 10.2 Å². The van der Waals surface area contributed by atoms with Gasteiger partial charge in [0.05, 0.1) is 31.9 Å². The molecule has 2 aromatic rings. The number of anilines is 2. The molecule has 0 bridgehead atoms. The summed E-state index contributed by atoms with van der Waals surface area (Å²) in [7, 11) is 3.09. The van der Waals surface area contributed by atoms with E-state index in [4.69, 9.17) is 9.84 Å². The highest BCUT2D eigenvalue weighted by molar-refractivity contribution is 6.01. The lowest BCUT2D eigenvalue weighted by atomic mass is 10.1. The third-order valence-corrected chi connectivity index (χ3v) is 4.69. The molecule has 0 radical (unpaired) electrons. The summed E-state index contributed by atoms with van der Waals surface area (Å²) < 4.78 is 5.36. The first-order valence-corrected chi connectivity index (χ1v) is 9.71. The molecule has 0 heterocycles. The lowest BCUT2D eigenvalue weighted by Crippen LogP contribution is -2.46. The van der Waals surface area contributed by atoms with Gasteiger partial charge >= 0.3 is 12.0 Å². The van der Waals surface area contributed by atoms with Crippen LogP contribution in [0.2, 0.25) is 0 Å². The van der Waals surface area contributed by atoms with E-state index in [-0.39, 0.29) is 18.9 Å². The molecule has 0 spiro atoms. The SMILES string of the molecule is COc1cc(CC(=O)NC(C)N(C)CC(=O)O)ccc1NC(=O)Nc1ccccc1C. The van der Waals surface area contributed by atoms with Gasteiger partial charge in [-0.15, -0.1) is 0 Å². The number of carboxylic acid groups (broad SMARTS) is 1. The molecule has 9 heteroatoms. The lowest BCUT2D eigenvalue weighted by molar-refractivity contribution is -0.139. The molecule has 2 aromatic carbocycles. The van der Waals surface area contributed by atoms with Crippen LogP contribution < -0.4 is 20.7 Å². The quantitative estimate of drug-likeness (QED) is 0.456. The van der Waals surface area contributed by atoms with E-state index in [9.17, 15) is 14.4 Å². The second-order valence-corrected chi connectivity index (χ2v) is 7.16. The van der Waals surface area contributed by atoms with Gasteiger partial charge in [0.1, 0.15) is 5.75 Å². The number of hydrogen-bond donors (Lipinski definition) is 4. The topological polar surface area (TPSA) is 120 Å². The van der Waals surface area contributed by atoms with E-state index >= 15 is 0 Å². The number of nitrogens with zero attached hydrogens (tertiary/aromatic N) is 1. The van der Waals surface area contributed by atoms with E-state index in [1.54, 1.807) is 32.2 Å². The molecule has 0 aliphatic carbocycles. The van der Waals surface area contributed by atoms with E-state index in [1.807, 2.05) is 31.2 Å². The number of benzene rings is 2. The number of aliphatic carboxylic acids is 1. The van der Waals surface area contributed by atoms with Gasteiger partial charge in [-0.1, -0.05) is 24.3 Å². The Bertz CT molecular complexity index is 947. The van der Waals surface area contributed by atoms with Gasteiger partial charge in [-0.3, -0.25) is 14.5 Å². The predicted molar refractivity (Wildman–Crippen MR) is 118 cm³/mol. The fourth-order valence-electron chi connectivity index (χ4n) is 2.87. The number of hydrogen-bond acceptors (Lipinski definition) is 5. The molecule has 1 atom stereocenters. The van der Waals surface area contributed by atoms with Crippen LogP contribution in [0.15, 0.2) is 42.5 Å². The zero-order chi connectivity index (χ0) is 23.0. The highest BCUT2D eigenvalue weighted by atomic mass is 16.5. The highest BCUT2D eigenvalue weighted by Crippen LogP contribution is 2.26. The molecular formula is C22H28N4O5. The van der Waals surface area contributed by atoms with Crippen LogP contribution in [0.3, 0.4) is 0 Å². The molecule has 0 fully saturated rings. The molecule has 0 aromatic heterocycles. The summed E-state index contributed by atoms with van der Waals surface area (Å²) in [5.74, 6) is -0.811. The van der Waals surface area contributed by atoms with Crippen molar-refractivity contribution in [2.24, 2.45) is 0 Å². The minimum atomic E-state index is -0.970. The number of urea groups is 1. The number of methoxy groups -OCH3 is 1. The minimum absolute atomic E-state index is 0.0807. The van der Waals surface area contributed by atoms with Crippen LogP contribution in [0.5, 0.6) is 5.75 Å². The Balaban J connectivity index is 1.99. The molecule has 4 N–H and O–H groups in total. The van der Waals surface area contributed by atoms with Crippen molar-refractivity contribution in [2.75, 3.05) is 31.3 Å². The maximum absolute atomic E-state index is 12.3. The van der Waals surface area contributed by atoms with E-state index in [0.29, 0.717) is 22.7 Å². The maximum Gasteiger partial charge on any atom is 0.323 e. The number of likely N-dealkylation sites (N-methyl/N-ethyl adjacent to an activating group) is 1. The summed E-state index contributed by atoms with van der Waals surface area (Å²) in [6, 6.07) is 12.1. The average Bonchev–Trinajstić information content (AvgIpc) is 2.70. The summed E-state index contributed by atoms with van der Waals surface area (Å²) in [4.78, 5) is 36.9. The standard InChI is InChI=1S/C22H28N4O5/c1-14-7-5-6-8-17(14)24-22(30)25-18-10-9-16(11-19(18)31-4)12-20(27)23-15(2)26(3)13-21(28)29/h5-11,15H,12-13H2,1-4H3,(H,23,27)(H,28,29)(H2,24,25,30). The number of carboxylic acids is 1. The minimum Gasteiger partial charge on any atom is -0.495 e. The first-order chi connectivity index (χ1) is 14.7. The van der Waals surface area contributed by atoms with Gasteiger partial charge in [0, 0.05) is 5.69 Å². The molecular weight excluding hydrogens is 400 g/mol. The normalized spacial score (nSPS) is 11.5. The maximum atomic E-state index is 12.3. The average molecular weight is 428 g/mol. The molecule has 2 rings (SSSR count). The summed E-state index contributed by atoms with van der Waals surface area (Å²) in [6.45, 7) is 3.43. The van der Waals surface area contributed by atoms with Crippen molar-refractivity contribution < 1.29 is 24.2 Å². The Morgan fingerprint density at radius 2 is 1.77 bits per heavy atom. The van der Waals surface area contributed by atoms with Gasteiger partial charge in [0.15, 0.2) is 0 Å². The Morgan fingerprint density at radius 1 is 1.10 bits per heavy atom. The second kappa shape index (κ2) is 11.0. The van der Waals surface area contributed by atoms with Gasteiger partial charge in [-0.25, -0.2) is 4.79 Å². The molecule has 0 aliphatic heterocycles. The molecule has 0 saturated heterocycles. The van der Waals surface area contributed by atoms with Crippen LogP contribution in [0.25, 0.3) is 0 Å². The van der Waals surface area contributed by atoms with Crippen molar-refractivity contribution in [3.05, 3.63) is 53.6 Å². The third kappa shape index (κ3) is 7.31. The Morgan fingerprint density at radius 3 is 2.42 bits per heavy atom. The van der Waals surface area contributed by atoms with Gasteiger partial charge in [-0.05, 0) is 50.2 Å². The second-order valence-electron chi connectivity index (χ2n) is 7.16. The number of nitrogens with one attached hydrogen (secondary N) is 3. The third-order valence-electron chi connectivity index (χ3n) is 4.69. The van der Waals surface area contributed by atoms with Crippen LogP contribution in [0.4, 0.5) is 16.2 Å². The fraction of sp³-hybridized carbons (Fsp3) is 0.318. The summed E-state index contributed by atoms with van der Waals surface area (Å²) in [5.41, 5.74) is 2.79. The van der Waals surface area contributed by atoms with Crippen LogP contribution in [-0.2, 0) is 16.0 Å². The molecule has 166 valence electrons. The molecule has 0 aliphatic rings. The van der Waals surface area contributed by atoms with Gasteiger partial charge in [0.2, 0.25) is 5.91 Å². The number of rotatable bonds is 9. The van der Waals surface area contributed by atoms with Gasteiger partial charge in [-0.2, -0.15) is 0 Å². The monoisotopic (exact) mass is 428 g/mol. The van der Waals surface area contributed by atoms with Crippen LogP contribution in [0, 0.1) is 6.92 Å². The predicted octanol–water partition coefficient (Wildman–Crippen LogP) is 2.67. The number of ether oxygens (including phenoxy) is 1. The molecule has 3 amide bonds. The summed E-state index contributed by atoms with van der Waals surface area (Å²) in [6.07, 6.45) is -0.353. The number of amides is 3. The van der Waals surface area contributed by atoms with E-state index in [0.717, 1.165) is 5.56 Å². The molecule has 9 nitrogen and oxygen atoms in total. The number of carbonyl (C=O) groups is 3. The highest BCUT2D eigenvalue weighted by Gasteiger charge is 2.16. The van der Waals surface area contributed by atoms with Gasteiger partial charge in [0.25, 0.3) is 0 Å². The van der Waals surface area contributed by atoms with E-state index in [2.05, 4.69) is 16.0 Å². The Kier molecular flexibility index (Phi) is 8.39. The van der Waals surface area contributed by atoms with Crippen LogP contribution in [0.1, 0.15) is 18.1 Å². The van der Waals surface area contributed by atoms with Crippen molar-refractivity contribution in [3.8, 4) is 5.75 Å². The zero-order valence-corrected chi connectivity index (χ0v) is 18.1. The smallest absolute Gasteiger partial charge is 0.323 e. The summed E-state index contributed by atoms with van der Waals surface area (Å²) >= 11 is 0. The fourth-order valence-corrected chi connectivity index (χ4v) is 2.87. The summed E-state index contributed by atoms with van der Waals surface area (Å²) in [5, 5.41) is 17.1. The Hall–Kier alpha value is -3.59. The van der Waals surface area contributed by atoms with Crippen molar-refractivity contribution in [1.29, 1.82) is 0 Å².